The fraction of sp³-hybridized carbons (Fsp3) is 0.0769. The van der Waals surface area contributed by atoms with Crippen molar-refractivity contribution in [3.05, 3.63) is 45.4 Å². The number of nitrogens with zero attached hydrogens (tertiary/aromatic N) is 1. The van der Waals surface area contributed by atoms with Gasteiger partial charge in [-0.05, 0) is 30.3 Å². The molecule has 0 aliphatic heterocycles. The highest BCUT2D eigenvalue weighted by molar-refractivity contribution is 7.90. The van der Waals surface area contributed by atoms with E-state index in [1.54, 1.807) is 0 Å². The molecule has 0 aromatic heterocycles. The molecule has 5 nitrogen and oxygen atoms in total. The van der Waals surface area contributed by atoms with E-state index in [9.17, 15) is 13.2 Å². The van der Waals surface area contributed by atoms with Crippen LogP contribution in [0.4, 0.5) is 0 Å². The predicted octanol–water partition coefficient (Wildman–Crippen LogP) is 3.22. The molecule has 0 atom stereocenters. The third kappa shape index (κ3) is 3.35. The maximum absolute atomic E-state index is 12.2. The minimum Gasteiger partial charge on any atom is -0.497 e. The molecule has 2 rings (SSSR count). The molecule has 1 aliphatic rings. The number of sulfonamides is 1. The fourth-order valence-corrected chi connectivity index (χ4v) is 3.23. The molecule has 0 radical (unpaired) electrons. The summed E-state index contributed by atoms with van der Waals surface area (Å²) in [6.45, 7) is 0. The summed E-state index contributed by atoms with van der Waals surface area (Å²) in [4.78, 5) is 11.4. The number of hydrogen-bond acceptors (Lipinski definition) is 4. The van der Waals surface area contributed by atoms with E-state index >= 15 is 0 Å². The Hall–Kier alpha value is -1.34. The number of carbonyl (C=O) groups is 1. The van der Waals surface area contributed by atoms with Crippen LogP contribution in [0.3, 0.4) is 0 Å². The molecule has 0 spiro atoms. The van der Waals surface area contributed by atoms with Crippen molar-refractivity contribution in [3.8, 4) is 5.75 Å². The molecule has 0 N–H and O–H groups in total. The third-order valence-electron chi connectivity index (χ3n) is 2.67. The Bertz CT molecular complexity index is 823. The second-order valence-electron chi connectivity index (χ2n) is 4.08. The number of ketones is 1. The first kappa shape index (κ1) is 17.0. The van der Waals surface area contributed by atoms with Crippen molar-refractivity contribution in [1.82, 2.24) is 0 Å². The van der Waals surface area contributed by atoms with E-state index in [0.717, 1.165) is 6.08 Å². The van der Waals surface area contributed by atoms with E-state index in [1.807, 2.05) is 0 Å². The molecule has 1 aromatic carbocycles. The minimum atomic E-state index is -4.04. The number of rotatable bonds is 3. The van der Waals surface area contributed by atoms with Gasteiger partial charge in [0.15, 0.2) is 0 Å². The van der Waals surface area contributed by atoms with Gasteiger partial charge in [0.2, 0.25) is 5.78 Å². The number of benzene rings is 1. The summed E-state index contributed by atoms with van der Waals surface area (Å²) in [7, 11) is -2.58. The van der Waals surface area contributed by atoms with Crippen LogP contribution in [0.1, 0.15) is 0 Å². The molecular weight excluding hydrogens is 373 g/mol. The van der Waals surface area contributed by atoms with Crippen molar-refractivity contribution in [2.45, 2.75) is 4.90 Å². The molecule has 9 heteroatoms. The molecule has 0 fully saturated rings. The summed E-state index contributed by atoms with van der Waals surface area (Å²) < 4.78 is 33.0. The Morgan fingerprint density at radius 2 is 1.64 bits per heavy atom. The number of methoxy groups -OCH3 is 1. The van der Waals surface area contributed by atoms with Gasteiger partial charge in [-0.25, -0.2) is 0 Å². The molecule has 0 amide bonds. The number of hydrogen-bond donors (Lipinski definition) is 0. The number of carbonyl (C=O) groups excluding carboxylic acids is 1. The van der Waals surface area contributed by atoms with Crippen molar-refractivity contribution < 1.29 is 17.9 Å². The monoisotopic (exact) mass is 379 g/mol. The lowest BCUT2D eigenvalue weighted by Gasteiger charge is -2.10. The molecular formula is C13H8Cl3NO4S. The van der Waals surface area contributed by atoms with Gasteiger partial charge in [0, 0.05) is 0 Å². The fourth-order valence-electron chi connectivity index (χ4n) is 1.56. The largest absolute Gasteiger partial charge is 0.497 e. The van der Waals surface area contributed by atoms with Crippen molar-refractivity contribution >= 4 is 56.3 Å². The number of allylic oxidation sites excluding steroid dienone is 4. The Balaban J connectivity index is 2.48. The molecule has 0 bridgehead atoms. The van der Waals surface area contributed by atoms with Gasteiger partial charge in [-0.15, -0.1) is 0 Å². The van der Waals surface area contributed by atoms with Crippen LogP contribution in [0, 0.1) is 0 Å². The average Bonchev–Trinajstić information content (AvgIpc) is 2.50. The minimum absolute atomic E-state index is 0.0668. The van der Waals surface area contributed by atoms with Crippen molar-refractivity contribution in [1.29, 1.82) is 0 Å². The van der Waals surface area contributed by atoms with Crippen LogP contribution in [0.25, 0.3) is 0 Å². The van der Waals surface area contributed by atoms with Crippen molar-refractivity contribution in [2.24, 2.45) is 4.40 Å². The summed E-state index contributed by atoms with van der Waals surface area (Å²) in [5, 5.41) is -0.913. The van der Waals surface area contributed by atoms with Crippen LogP contribution in [0.5, 0.6) is 5.75 Å². The second kappa shape index (κ2) is 6.42. The molecule has 0 unspecified atom stereocenters. The van der Waals surface area contributed by atoms with Crippen LogP contribution in [0.2, 0.25) is 0 Å². The quantitative estimate of drug-likeness (QED) is 0.755. The van der Waals surface area contributed by atoms with Crippen LogP contribution < -0.4 is 4.74 Å². The average molecular weight is 381 g/mol. The first-order valence-corrected chi connectivity index (χ1v) is 8.30. The van der Waals surface area contributed by atoms with Crippen LogP contribution >= 0.6 is 34.8 Å². The maximum atomic E-state index is 12.2. The van der Waals surface area contributed by atoms with E-state index in [-0.39, 0.29) is 25.7 Å². The van der Waals surface area contributed by atoms with Crippen LogP contribution in [-0.4, -0.2) is 27.0 Å². The van der Waals surface area contributed by atoms with Gasteiger partial charge in [-0.2, -0.15) is 12.8 Å². The predicted molar refractivity (Wildman–Crippen MR) is 85.3 cm³/mol. The Kier molecular flexibility index (Phi) is 4.97. The molecule has 22 heavy (non-hydrogen) atoms. The normalized spacial score (nSPS) is 17.7. The molecule has 0 heterocycles. The molecule has 0 saturated heterocycles. The summed E-state index contributed by atoms with van der Waals surface area (Å²) in [6.07, 6.45) is 1.05. The number of ether oxygens (including phenoxy) is 1. The second-order valence-corrected chi connectivity index (χ2v) is 6.84. The SMILES string of the molecule is COc1ccc(S(=O)(=O)N=C2C=C(Cl)C(=O)C(Cl)=C2Cl)cc1. The molecule has 0 saturated carbocycles. The van der Waals surface area contributed by atoms with E-state index in [1.165, 1.54) is 31.4 Å². The summed E-state index contributed by atoms with van der Waals surface area (Å²) >= 11 is 17.2. The first-order chi connectivity index (χ1) is 10.3. The summed E-state index contributed by atoms with van der Waals surface area (Å²) in [5.74, 6) is -0.187. The van der Waals surface area contributed by atoms with Gasteiger partial charge in [-0.1, -0.05) is 34.8 Å². The third-order valence-corrected chi connectivity index (χ3v) is 5.10. The van der Waals surface area contributed by atoms with E-state index in [0.29, 0.717) is 5.75 Å². The van der Waals surface area contributed by atoms with Gasteiger partial charge in [0.1, 0.15) is 10.8 Å². The maximum Gasteiger partial charge on any atom is 0.282 e. The zero-order valence-electron chi connectivity index (χ0n) is 11.0. The lowest BCUT2D eigenvalue weighted by molar-refractivity contribution is -0.111. The highest BCUT2D eigenvalue weighted by atomic mass is 35.5. The highest BCUT2D eigenvalue weighted by Crippen LogP contribution is 2.29. The Labute approximate surface area is 141 Å². The molecule has 1 aliphatic carbocycles. The number of halogens is 3. The Morgan fingerprint density at radius 1 is 1.05 bits per heavy atom. The summed E-state index contributed by atoms with van der Waals surface area (Å²) in [5.41, 5.74) is -0.202. The lowest BCUT2D eigenvalue weighted by atomic mass is 10.1. The van der Waals surface area contributed by atoms with Crippen LogP contribution in [-0.2, 0) is 14.8 Å². The highest BCUT2D eigenvalue weighted by Gasteiger charge is 2.26. The van der Waals surface area contributed by atoms with Crippen molar-refractivity contribution in [2.75, 3.05) is 7.11 Å². The van der Waals surface area contributed by atoms with Crippen LogP contribution in [0.15, 0.2) is 54.7 Å². The van der Waals surface area contributed by atoms with Gasteiger partial charge < -0.3 is 4.74 Å². The molecule has 116 valence electrons. The molecule has 1 aromatic rings. The van der Waals surface area contributed by atoms with Gasteiger partial charge >= 0.3 is 0 Å². The lowest BCUT2D eigenvalue weighted by Crippen LogP contribution is -2.13. The standard InChI is InChI=1S/C13H8Cl3NO4S/c1-21-7-2-4-8(5-3-7)22(19,20)17-10-6-9(14)13(18)12(16)11(10)15/h2-6H,1H3. The van der Waals surface area contributed by atoms with E-state index < -0.39 is 15.8 Å². The zero-order valence-corrected chi connectivity index (χ0v) is 14.1. The van der Waals surface area contributed by atoms with Gasteiger partial charge in [-0.3, -0.25) is 4.79 Å². The van der Waals surface area contributed by atoms with Gasteiger partial charge in [0.05, 0.1) is 27.8 Å². The summed E-state index contributed by atoms with van der Waals surface area (Å²) in [6, 6.07) is 5.61. The van der Waals surface area contributed by atoms with Crippen molar-refractivity contribution in [3.63, 3.8) is 0 Å². The number of Topliss-reactive ketones (excluding diaryl/α,β-unsaturated/α-hetero) is 1. The van der Waals surface area contributed by atoms with E-state index in [4.69, 9.17) is 39.5 Å². The Morgan fingerprint density at radius 3 is 2.18 bits per heavy atom. The zero-order chi connectivity index (χ0) is 16.5. The van der Waals surface area contributed by atoms with Gasteiger partial charge in [0.25, 0.3) is 10.0 Å². The van der Waals surface area contributed by atoms with E-state index in [2.05, 4.69) is 4.40 Å². The topological polar surface area (TPSA) is 72.8 Å². The first-order valence-electron chi connectivity index (χ1n) is 5.73. The smallest absolute Gasteiger partial charge is 0.282 e.